The molecule has 2 heterocycles. The van der Waals surface area contributed by atoms with Crippen LogP contribution < -0.4 is 10.9 Å². The molecular weight excluding hydrogens is 214 g/mol. The highest BCUT2D eigenvalue weighted by atomic mass is 16.1. The van der Waals surface area contributed by atoms with Gasteiger partial charge in [-0.15, -0.1) is 0 Å². The maximum absolute atomic E-state index is 11.4. The molecule has 0 saturated carbocycles. The highest BCUT2D eigenvalue weighted by Gasteiger charge is 1.94. The summed E-state index contributed by atoms with van der Waals surface area (Å²) in [5.41, 5.74) is 1.18. The number of nitrogens with one attached hydrogen (secondary N) is 1. The molecule has 1 N–H and O–H groups in total. The molecule has 4 heteroatoms. The molecule has 0 aliphatic heterocycles. The molecule has 17 heavy (non-hydrogen) atoms. The van der Waals surface area contributed by atoms with Crippen LogP contribution in [0.5, 0.6) is 0 Å². The third kappa shape index (κ3) is 3.53. The lowest BCUT2D eigenvalue weighted by molar-refractivity contribution is 0.584. The third-order valence-corrected chi connectivity index (χ3v) is 2.48. The van der Waals surface area contributed by atoms with Crippen LogP contribution in [0, 0.1) is 0 Å². The van der Waals surface area contributed by atoms with Crippen LogP contribution in [0.3, 0.4) is 0 Å². The Morgan fingerprint density at radius 3 is 2.94 bits per heavy atom. The number of nitrogens with zero attached hydrogens (tertiary/aromatic N) is 2. The monoisotopic (exact) mass is 229 g/mol. The van der Waals surface area contributed by atoms with Crippen LogP contribution in [0.1, 0.15) is 5.56 Å². The summed E-state index contributed by atoms with van der Waals surface area (Å²) in [6, 6.07) is 9.12. The van der Waals surface area contributed by atoms with Gasteiger partial charge in [-0.2, -0.15) is 0 Å². The van der Waals surface area contributed by atoms with Crippen molar-refractivity contribution < 1.29 is 0 Å². The van der Waals surface area contributed by atoms with E-state index in [1.165, 1.54) is 0 Å². The Morgan fingerprint density at radius 2 is 2.18 bits per heavy atom. The van der Waals surface area contributed by atoms with Crippen molar-refractivity contribution in [3.63, 3.8) is 0 Å². The average Bonchev–Trinajstić information content (AvgIpc) is 2.38. The quantitative estimate of drug-likeness (QED) is 0.779. The number of hydrogen-bond acceptors (Lipinski definition) is 3. The van der Waals surface area contributed by atoms with Gasteiger partial charge in [-0.25, -0.2) is 0 Å². The van der Waals surface area contributed by atoms with Gasteiger partial charge in [0.15, 0.2) is 0 Å². The summed E-state index contributed by atoms with van der Waals surface area (Å²) in [6.07, 6.45) is 5.39. The fourth-order valence-electron chi connectivity index (χ4n) is 1.58. The summed E-state index contributed by atoms with van der Waals surface area (Å²) >= 11 is 0. The van der Waals surface area contributed by atoms with Crippen molar-refractivity contribution in [3.05, 3.63) is 64.8 Å². The number of hydrogen-bond donors (Lipinski definition) is 1. The van der Waals surface area contributed by atoms with Gasteiger partial charge in [-0.1, -0.05) is 12.1 Å². The van der Waals surface area contributed by atoms with Gasteiger partial charge >= 0.3 is 0 Å². The first kappa shape index (κ1) is 11.5. The van der Waals surface area contributed by atoms with Crippen LogP contribution in [-0.2, 0) is 13.1 Å². The first-order valence-corrected chi connectivity index (χ1v) is 5.61. The molecule has 88 valence electrons. The van der Waals surface area contributed by atoms with Gasteiger partial charge in [0, 0.05) is 44.3 Å². The van der Waals surface area contributed by atoms with Crippen molar-refractivity contribution in [2.24, 2.45) is 0 Å². The Balaban J connectivity index is 1.78. The summed E-state index contributed by atoms with van der Waals surface area (Å²) in [7, 11) is 0. The van der Waals surface area contributed by atoms with Gasteiger partial charge in [0.05, 0.1) is 0 Å². The van der Waals surface area contributed by atoms with E-state index in [2.05, 4.69) is 10.3 Å². The molecule has 0 saturated heterocycles. The zero-order chi connectivity index (χ0) is 11.9. The number of rotatable bonds is 5. The zero-order valence-electron chi connectivity index (χ0n) is 9.54. The summed E-state index contributed by atoms with van der Waals surface area (Å²) in [5.74, 6) is 0. The lowest BCUT2D eigenvalue weighted by Crippen LogP contribution is -2.25. The second-order valence-electron chi connectivity index (χ2n) is 3.77. The third-order valence-electron chi connectivity index (χ3n) is 2.48. The average molecular weight is 229 g/mol. The molecule has 0 aliphatic carbocycles. The maximum Gasteiger partial charge on any atom is 0.250 e. The van der Waals surface area contributed by atoms with Gasteiger partial charge in [0.25, 0.3) is 5.56 Å². The van der Waals surface area contributed by atoms with Gasteiger partial charge in [-0.05, 0) is 17.7 Å². The summed E-state index contributed by atoms with van der Waals surface area (Å²) in [6.45, 7) is 2.22. The minimum Gasteiger partial charge on any atom is -0.314 e. The molecule has 2 aromatic heterocycles. The number of pyridine rings is 2. The van der Waals surface area contributed by atoms with E-state index < -0.39 is 0 Å². The van der Waals surface area contributed by atoms with E-state index in [0.717, 1.165) is 18.7 Å². The van der Waals surface area contributed by atoms with Crippen molar-refractivity contribution in [1.29, 1.82) is 0 Å². The van der Waals surface area contributed by atoms with Gasteiger partial charge < -0.3 is 9.88 Å². The van der Waals surface area contributed by atoms with Crippen molar-refractivity contribution in [1.82, 2.24) is 14.9 Å². The lowest BCUT2D eigenvalue weighted by Gasteiger charge is -2.06. The van der Waals surface area contributed by atoms with Gasteiger partial charge in [0.1, 0.15) is 0 Å². The van der Waals surface area contributed by atoms with Crippen LogP contribution in [0.4, 0.5) is 0 Å². The first-order chi connectivity index (χ1) is 8.36. The van der Waals surface area contributed by atoms with E-state index >= 15 is 0 Å². The Bertz CT molecular complexity index is 507. The second-order valence-corrected chi connectivity index (χ2v) is 3.77. The minimum atomic E-state index is 0.0377. The molecule has 0 fully saturated rings. The van der Waals surface area contributed by atoms with Crippen LogP contribution in [-0.4, -0.2) is 16.1 Å². The molecule has 0 aliphatic rings. The smallest absolute Gasteiger partial charge is 0.250 e. The van der Waals surface area contributed by atoms with E-state index in [1.54, 1.807) is 29.1 Å². The van der Waals surface area contributed by atoms with E-state index in [9.17, 15) is 4.79 Å². The molecule has 0 atom stereocenters. The topological polar surface area (TPSA) is 46.9 Å². The van der Waals surface area contributed by atoms with Crippen LogP contribution in [0.25, 0.3) is 0 Å². The molecule has 0 aromatic carbocycles. The molecule has 2 rings (SSSR count). The maximum atomic E-state index is 11.4. The fourth-order valence-corrected chi connectivity index (χ4v) is 1.58. The number of aromatic nitrogens is 2. The van der Waals surface area contributed by atoms with Gasteiger partial charge in [-0.3, -0.25) is 9.78 Å². The minimum absolute atomic E-state index is 0.0377. The van der Waals surface area contributed by atoms with Crippen molar-refractivity contribution >= 4 is 0 Å². The van der Waals surface area contributed by atoms with E-state index in [0.29, 0.717) is 6.54 Å². The van der Waals surface area contributed by atoms with Crippen molar-refractivity contribution in [2.75, 3.05) is 6.54 Å². The molecule has 0 bridgehead atoms. The Kier molecular flexibility index (Phi) is 4.05. The van der Waals surface area contributed by atoms with Gasteiger partial charge in [0.2, 0.25) is 0 Å². The molecular formula is C13H15N3O. The zero-order valence-corrected chi connectivity index (χ0v) is 9.54. The summed E-state index contributed by atoms with van der Waals surface area (Å²) in [5, 5.41) is 3.28. The van der Waals surface area contributed by atoms with E-state index in [-0.39, 0.29) is 5.56 Å². The molecule has 0 amide bonds. The van der Waals surface area contributed by atoms with Crippen LogP contribution in [0.2, 0.25) is 0 Å². The highest BCUT2D eigenvalue weighted by Crippen LogP contribution is 1.93. The fraction of sp³-hybridized carbons (Fsp3) is 0.231. The molecule has 0 spiro atoms. The molecule has 0 radical (unpaired) electrons. The predicted molar refractivity (Wildman–Crippen MR) is 66.6 cm³/mol. The predicted octanol–water partition coefficient (Wildman–Crippen LogP) is 1.03. The molecule has 0 unspecified atom stereocenters. The SMILES string of the molecule is O=c1ccccn1CCNCc1cccnc1. The molecule has 4 nitrogen and oxygen atoms in total. The molecule has 2 aromatic rings. The Morgan fingerprint density at radius 1 is 1.24 bits per heavy atom. The highest BCUT2D eigenvalue weighted by molar-refractivity contribution is 5.07. The van der Waals surface area contributed by atoms with E-state index in [1.807, 2.05) is 24.4 Å². The van der Waals surface area contributed by atoms with E-state index in [4.69, 9.17) is 0 Å². The largest absolute Gasteiger partial charge is 0.314 e. The second kappa shape index (κ2) is 5.96. The first-order valence-electron chi connectivity index (χ1n) is 5.61. The Hall–Kier alpha value is -1.94. The van der Waals surface area contributed by atoms with Crippen LogP contribution in [0.15, 0.2) is 53.7 Å². The normalized spacial score (nSPS) is 10.4. The Labute approximate surface area is 99.9 Å². The summed E-state index contributed by atoms with van der Waals surface area (Å²) < 4.78 is 1.69. The van der Waals surface area contributed by atoms with Crippen LogP contribution >= 0.6 is 0 Å². The lowest BCUT2D eigenvalue weighted by atomic mass is 10.3. The van der Waals surface area contributed by atoms with Crippen molar-refractivity contribution in [2.45, 2.75) is 13.1 Å². The standard InChI is InChI=1S/C13H15N3O/c17-13-5-1-2-8-16(13)9-7-15-11-12-4-3-6-14-10-12/h1-6,8,10,15H,7,9,11H2. The van der Waals surface area contributed by atoms with Crippen molar-refractivity contribution in [3.8, 4) is 0 Å². The summed E-state index contributed by atoms with van der Waals surface area (Å²) in [4.78, 5) is 15.4.